The summed E-state index contributed by atoms with van der Waals surface area (Å²) in [6.45, 7) is 2.26. The van der Waals surface area contributed by atoms with E-state index in [4.69, 9.17) is 15.2 Å². The van der Waals surface area contributed by atoms with Crippen LogP contribution in [0.2, 0.25) is 0 Å². The first-order valence-electron chi connectivity index (χ1n) is 10.7. The topological polar surface area (TPSA) is 97.0 Å². The molecule has 5 rings (SSSR count). The van der Waals surface area contributed by atoms with E-state index in [9.17, 15) is 9.65 Å². The van der Waals surface area contributed by atoms with Crippen molar-refractivity contribution in [1.29, 1.82) is 5.26 Å². The van der Waals surface area contributed by atoms with Crippen molar-refractivity contribution in [3.8, 4) is 29.0 Å². The molecule has 7 heteroatoms. The van der Waals surface area contributed by atoms with Crippen LogP contribution in [0.5, 0.6) is 11.6 Å². The van der Waals surface area contributed by atoms with E-state index >= 15 is 0 Å². The number of nitrogens with one attached hydrogen (secondary N) is 1. The number of halogens is 1. The van der Waals surface area contributed by atoms with Crippen LogP contribution in [0.25, 0.3) is 11.3 Å². The van der Waals surface area contributed by atoms with Gasteiger partial charge in [0.2, 0.25) is 11.8 Å². The van der Waals surface area contributed by atoms with Crippen LogP contribution in [0, 0.1) is 24.1 Å². The van der Waals surface area contributed by atoms with E-state index < -0.39 is 5.92 Å². The third-order valence-electron chi connectivity index (χ3n) is 5.82. The Labute approximate surface area is 196 Å². The van der Waals surface area contributed by atoms with Gasteiger partial charge in [-0.25, -0.2) is 4.39 Å². The number of benzene rings is 3. The number of allylic oxidation sites excluding steroid dienone is 1. The minimum absolute atomic E-state index is 0.00953. The normalized spacial score (nSPS) is 14.8. The first kappa shape index (κ1) is 21.3. The Morgan fingerprint density at radius 1 is 1.09 bits per heavy atom. The van der Waals surface area contributed by atoms with Crippen LogP contribution in [0.4, 0.5) is 4.39 Å². The largest absolute Gasteiger partial charge is 0.489 e. The SMILES string of the molecule is Cc1ccc(-c2[nH]nc3c2[C@@H](c2ccccc2OCc2ccc(F)cc2)C(C#N)=C(N)O3)cc1. The van der Waals surface area contributed by atoms with Crippen LogP contribution in [0.1, 0.15) is 28.2 Å². The Kier molecular flexibility index (Phi) is 5.48. The molecule has 2 heterocycles. The molecule has 34 heavy (non-hydrogen) atoms. The highest BCUT2D eigenvalue weighted by Crippen LogP contribution is 2.47. The van der Waals surface area contributed by atoms with Crippen molar-refractivity contribution in [2.24, 2.45) is 5.73 Å². The maximum atomic E-state index is 13.3. The number of para-hydroxylation sites is 1. The number of hydrogen-bond acceptors (Lipinski definition) is 5. The average Bonchev–Trinajstić information content (AvgIpc) is 3.27. The molecule has 168 valence electrons. The molecule has 4 aromatic rings. The van der Waals surface area contributed by atoms with Crippen LogP contribution < -0.4 is 15.2 Å². The van der Waals surface area contributed by atoms with Gasteiger partial charge in [-0.05, 0) is 30.7 Å². The lowest BCUT2D eigenvalue weighted by atomic mass is 9.82. The summed E-state index contributed by atoms with van der Waals surface area (Å²) < 4.78 is 25.1. The minimum Gasteiger partial charge on any atom is -0.489 e. The summed E-state index contributed by atoms with van der Waals surface area (Å²) in [7, 11) is 0. The van der Waals surface area contributed by atoms with Crippen LogP contribution in [0.3, 0.4) is 0 Å². The molecule has 0 spiro atoms. The van der Waals surface area contributed by atoms with E-state index in [1.165, 1.54) is 12.1 Å². The first-order valence-corrected chi connectivity index (χ1v) is 10.7. The van der Waals surface area contributed by atoms with Gasteiger partial charge >= 0.3 is 0 Å². The second kappa shape index (κ2) is 8.75. The summed E-state index contributed by atoms with van der Waals surface area (Å²) in [4.78, 5) is 0. The quantitative estimate of drug-likeness (QED) is 0.427. The number of aryl methyl sites for hydroxylation is 1. The molecule has 0 saturated heterocycles. The molecule has 1 atom stereocenters. The van der Waals surface area contributed by atoms with E-state index in [0.29, 0.717) is 17.2 Å². The second-order valence-electron chi connectivity index (χ2n) is 8.06. The molecule has 3 aromatic carbocycles. The fourth-order valence-corrected chi connectivity index (χ4v) is 4.09. The lowest BCUT2D eigenvalue weighted by Crippen LogP contribution is -2.21. The molecule has 0 amide bonds. The maximum Gasteiger partial charge on any atom is 0.244 e. The van der Waals surface area contributed by atoms with Gasteiger partial charge in [0.05, 0.1) is 17.2 Å². The third-order valence-corrected chi connectivity index (χ3v) is 5.82. The van der Waals surface area contributed by atoms with Crippen molar-refractivity contribution >= 4 is 0 Å². The fraction of sp³-hybridized carbons (Fsp3) is 0.111. The Morgan fingerprint density at radius 3 is 2.56 bits per heavy atom. The van der Waals surface area contributed by atoms with Crippen molar-refractivity contribution in [3.63, 3.8) is 0 Å². The Balaban J connectivity index is 1.60. The highest BCUT2D eigenvalue weighted by atomic mass is 19.1. The lowest BCUT2D eigenvalue weighted by Gasteiger charge is -2.25. The van der Waals surface area contributed by atoms with Gasteiger partial charge < -0.3 is 15.2 Å². The van der Waals surface area contributed by atoms with Gasteiger partial charge in [-0.1, -0.05) is 60.2 Å². The molecule has 1 aliphatic rings. The van der Waals surface area contributed by atoms with Gasteiger partial charge in [0.15, 0.2) is 0 Å². The number of nitrogens with two attached hydrogens (primary N) is 1. The molecule has 0 unspecified atom stereocenters. The Morgan fingerprint density at radius 2 is 1.82 bits per heavy atom. The highest BCUT2D eigenvalue weighted by molar-refractivity contribution is 5.71. The fourth-order valence-electron chi connectivity index (χ4n) is 4.09. The summed E-state index contributed by atoms with van der Waals surface area (Å²) in [6.07, 6.45) is 0. The maximum absolute atomic E-state index is 13.3. The van der Waals surface area contributed by atoms with Gasteiger partial charge in [0, 0.05) is 11.1 Å². The molecule has 1 aromatic heterocycles. The van der Waals surface area contributed by atoms with Gasteiger partial charge in [0.1, 0.15) is 29.8 Å². The van der Waals surface area contributed by atoms with Crippen LogP contribution in [0.15, 0.2) is 84.3 Å². The Hall–Kier alpha value is -4.57. The molecule has 0 saturated carbocycles. The zero-order chi connectivity index (χ0) is 23.7. The van der Waals surface area contributed by atoms with Crippen molar-refractivity contribution in [2.75, 3.05) is 0 Å². The number of ether oxygens (including phenoxy) is 2. The summed E-state index contributed by atoms with van der Waals surface area (Å²) in [6, 6.07) is 23.8. The smallest absolute Gasteiger partial charge is 0.244 e. The number of aromatic amines is 1. The molecule has 0 bridgehead atoms. The van der Waals surface area contributed by atoms with E-state index in [-0.39, 0.29) is 23.9 Å². The number of aromatic nitrogens is 2. The predicted octanol–water partition coefficient (Wildman–Crippen LogP) is 5.32. The average molecular weight is 452 g/mol. The third kappa shape index (κ3) is 3.86. The number of nitrogens with zero attached hydrogens (tertiary/aromatic N) is 2. The van der Waals surface area contributed by atoms with E-state index in [0.717, 1.165) is 27.9 Å². The van der Waals surface area contributed by atoms with Crippen molar-refractivity contribution < 1.29 is 13.9 Å². The zero-order valence-electron chi connectivity index (χ0n) is 18.4. The number of rotatable bonds is 5. The van der Waals surface area contributed by atoms with E-state index in [1.807, 2.05) is 55.5 Å². The highest BCUT2D eigenvalue weighted by Gasteiger charge is 2.37. The van der Waals surface area contributed by atoms with Gasteiger partial charge in [-0.3, -0.25) is 5.10 Å². The molecule has 0 radical (unpaired) electrons. The summed E-state index contributed by atoms with van der Waals surface area (Å²) in [5, 5.41) is 17.4. The van der Waals surface area contributed by atoms with E-state index in [1.54, 1.807) is 12.1 Å². The summed E-state index contributed by atoms with van der Waals surface area (Å²) in [5.74, 6) is 0.0666. The van der Waals surface area contributed by atoms with Crippen molar-refractivity contribution in [2.45, 2.75) is 19.4 Å². The number of hydrogen-bond donors (Lipinski definition) is 2. The number of nitriles is 1. The molecule has 0 fully saturated rings. The zero-order valence-corrected chi connectivity index (χ0v) is 18.4. The summed E-state index contributed by atoms with van der Waals surface area (Å²) >= 11 is 0. The standard InChI is InChI=1S/C27H21FN4O2/c1-16-6-10-18(11-7-16)25-24-23(21(14-29)26(30)34-27(24)32-31-25)20-4-2-3-5-22(20)33-15-17-8-12-19(28)13-9-17/h2-13,23H,15,30H2,1H3,(H,31,32)/t23-/m0/s1. The van der Waals surface area contributed by atoms with Crippen molar-refractivity contribution in [1.82, 2.24) is 10.2 Å². The van der Waals surface area contributed by atoms with Crippen LogP contribution in [-0.4, -0.2) is 10.2 Å². The predicted molar refractivity (Wildman–Crippen MR) is 125 cm³/mol. The monoisotopic (exact) mass is 452 g/mol. The van der Waals surface area contributed by atoms with Gasteiger partial charge in [0.25, 0.3) is 0 Å². The van der Waals surface area contributed by atoms with Crippen LogP contribution in [-0.2, 0) is 6.61 Å². The molecule has 0 aliphatic carbocycles. The minimum atomic E-state index is -0.548. The first-order chi connectivity index (χ1) is 16.5. The van der Waals surface area contributed by atoms with Gasteiger partial charge in [-0.15, -0.1) is 5.10 Å². The molecular formula is C27H21FN4O2. The molecule has 1 aliphatic heterocycles. The second-order valence-corrected chi connectivity index (χ2v) is 8.06. The lowest BCUT2D eigenvalue weighted by molar-refractivity contribution is 0.301. The van der Waals surface area contributed by atoms with Gasteiger partial charge in [-0.2, -0.15) is 5.26 Å². The number of H-pyrrole nitrogens is 1. The van der Waals surface area contributed by atoms with Crippen LogP contribution >= 0.6 is 0 Å². The Bertz CT molecular complexity index is 1420. The van der Waals surface area contributed by atoms with E-state index in [2.05, 4.69) is 16.3 Å². The number of fused-ring (bicyclic) bond motifs is 1. The molecular weight excluding hydrogens is 431 g/mol. The van der Waals surface area contributed by atoms with Crippen molar-refractivity contribution in [3.05, 3.63) is 112 Å². The molecule has 6 nitrogen and oxygen atoms in total. The molecule has 3 N–H and O–H groups in total. The summed E-state index contributed by atoms with van der Waals surface area (Å²) in [5.41, 5.74) is 11.5.